The average molecular weight is 249 g/mol. The van der Waals surface area contributed by atoms with Crippen molar-refractivity contribution in [1.82, 2.24) is 4.98 Å². The Labute approximate surface area is 105 Å². The van der Waals surface area contributed by atoms with Gasteiger partial charge in [0.1, 0.15) is 17.9 Å². The van der Waals surface area contributed by atoms with E-state index in [1.807, 2.05) is 6.07 Å². The van der Waals surface area contributed by atoms with Gasteiger partial charge in [-0.1, -0.05) is 0 Å². The van der Waals surface area contributed by atoms with Crippen LogP contribution in [-0.4, -0.2) is 35.8 Å². The number of carboxylic acids is 1. The van der Waals surface area contributed by atoms with Crippen LogP contribution in [-0.2, 0) is 9.53 Å². The number of pyridine rings is 1. The molecule has 1 aromatic heterocycles. The summed E-state index contributed by atoms with van der Waals surface area (Å²) in [5.41, 5.74) is 0.329. The fourth-order valence-electron chi connectivity index (χ4n) is 1.46. The fraction of sp³-hybridized carbons (Fsp3) is 0.417. The number of rotatable bonds is 7. The van der Waals surface area contributed by atoms with E-state index in [1.54, 1.807) is 19.2 Å². The molecule has 0 saturated heterocycles. The molecule has 1 aromatic rings. The molecule has 6 nitrogen and oxygen atoms in total. The molecule has 1 rings (SSSR count). The number of aromatic nitrogens is 1. The second-order valence-corrected chi connectivity index (χ2v) is 3.68. The number of hydrogen-bond acceptors (Lipinski definition) is 5. The van der Waals surface area contributed by atoms with Crippen molar-refractivity contribution < 1.29 is 14.6 Å². The van der Waals surface area contributed by atoms with Crippen LogP contribution in [0.3, 0.4) is 0 Å². The Bertz CT molecular complexity index is 442. The number of carbonyl (C=O) groups is 1. The van der Waals surface area contributed by atoms with Crippen LogP contribution in [0.2, 0.25) is 0 Å². The SMILES string of the molecule is COCCCC(Nc1ncccc1C#N)C(=O)O. The Hall–Kier alpha value is -2.13. The van der Waals surface area contributed by atoms with Gasteiger partial charge in [-0.2, -0.15) is 5.26 Å². The molecule has 0 bridgehead atoms. The van der Waals surface area contributed by atoms with Crippen molar-refractivity contribution >= 4 is 11.8 Å². The molecule has 0 radical (unpaired) electrons. The molecule has 0 saturated carbocycles. The predicted octanol–water partition coefficient (Wildman–Crippen LogP) is 1.24. The number of hydrogen-bond donors (Lipinski definition) is 2. The van der Waals surface area contributed by atoms with Gasteiger partial charge < -0.3 is 15.2 Å². The molecule has 0 amide bonds. The smallest absolute Gasteiger partial charge is 0.326 e. The van der Waals surface area contributed by atoms with Crippen molar-refractivity contribution in [3.05, 3.63) is 23.9 Å². The lowest BCUT2D eigenvalue weighted by molar-refractivity contribution is -0.138. The zero-order valence-electron chi connectivity index (χ0n) is 10.1. The summed E-state index contributed by atoms with van der Waals surface area (Å²) in [6.07, 6.45) is 2.54. The Morgan fingerprint density at radius 1 is 1.72 bits per heavy atom. The maximum Gasteiger partial charge on any atom is 0.326 e. The van der Waals surface area contributed by atoms with Gasteiger partial charge in [-0.15, -0.1) is 0 Å². The summed E-state index contributed by atoms with van der Waals surface area (Å²) in [5.74, 6) is -0.675. The van der Waals surface area contributed by atoms with E-state index in [9.17, 15) is 4.79 Å². The zero-order valence-corrected chi connectivity index (χ0v) is 10.1. The minimum Gasteiger partial charge on any atom is -0.480 e. The van der Waals surface area contributed by atoms with Gasteiger partial charge in [0.25, 0.3) is 0 Å². The highest BCUT2D eigenvalue weighted by Gasteiger charge is 2.18. The standard InChI is InChI=1S/C12H15N3O3/c1-18-7-3-5-10(12(16)17)15-11-9(8-13)4-2-6-14-11/h2,4,6,10H,3,5,7H2,1H3,(H,14,15)(H,16,17). The van der Waals surface area contributed by atoms with Crippen LogP contribution in [0, 0.1) is 11.3 Å². The number of nitrogens with zero attached hydrogens (tertiary/aromatic N) is 2. The minimum atomic E-state index is -0.972. The summed E-state index contributed by atoms with van der Waals surface area (Å²) in [7, 11) is 1.57. The highest BCUT2D eigenvalue weighted by atomic mass is 16.5. The average Bonchev–Trinajstić information content (AvgIpc) is 2.38. The molecule has 1 heterocycles. The normalized spacial score (nSPS) is 11.6. The lowest BCUT2D eigenvalue weighted by Gasteiger charge is -2.15. The molecule has 0 aliphatic heterocycles. The monoisotopic (exact) mass is 249 g/mol. The fourth-order valence-corrected chi connectivity index (χ4v) is 1.46. The van der Waals surface area contributed by atoms with Crippen molar-refractivity contribution in [2.45, 2.75) is 18.9 Å². The molecule has 0 fully saturated rings. The first-order chi connectivity index (χ1) is 8.69. The first kappa shape index (κ1) is 13.9. The van der Waals surface area contributed by atoms with Crippen LogP contribution >= 0.6 is 0 Å². The molecular weight excluding hydrogens is 234 g/mol. The van der Waals surface area contributed by atoms with Crippen LogP contribution in [0.1, 0.15) is 18.4 Å². The van der Waals surface area contributed by atoms with Gasteiger partial charge in [0.2, 0.25) is 0 Å². The molecule has 0 spiro atoms. The molecule has 1 unspecified atom stereocenters. The van der Waals surface area contributed by atoms with Crippen molar-refractivity contribution in [2.75, 3.05) is 19.0 Å². The van der Waals surface area contributed by atoms with Crippen molar-refractivity contribution in [1.29, 1.82) is 5.26 Å². The molecule has 0 aromatic carbocycles. The number of aliphatic carboxylic acids is 1. The van der Waals surface area contributed by atoms with Gasteiger partial charge >= 0.3 is 5.97 Å². The number of anilines is 1. The van der Waals surface area contributed by atoms with E-state index < -0.39 is 12.0 Å². The van der Waals surface area contributed by atoms with Gasteiger partial charge in [0.05, 0.1) is 5.56 Å². The first-order valence-corrected chi connectivity index (χ1v) is 5.52. The molecular formula is C12H15N3O3. The largest absolute Gasteiger partial charge is 0.480 e. The summed E-state index contributed by atoms with van der Waals surface area (Å²) < 4.78 is 4.88. The molecule has 18 heavy (non-hydrogen) atoms. The van der Waals surface area contributed by atoms with E-state index in [0.717, 1.165) is 0 Å². The quantitative estimate of drug-likeness (QED) is 0.706. The number of carboxylic acid groups (broad SMARTS) is 1. The van der Waals surface area contributed by atoms with Crippen LogP contribution < -0.4 is 5.32 Å². The van der Waals surface area contributed by atoms with Gasteiger partial charge in [-0.25, -0.2) is 9.78 Å². The topological polar surface area (TPSA) is 95.2 Å². The summed E-state index contributed by atoms with van der Waals surface area (Å²) in [4.78, 5) is 15.1. The lowest BCUT2D eigenvalue weighted by atomic mass is 10.1. The number of nitriles is 1. The Kier molecular flexibility index (Phi) is 5.61. The maximum atomic E-state index is 11.1. The maximum absolute atomic E-state index is 11.1. The number of ether oxygens (including phenoxy) is 1. The van der Waals surface area contributed by atoms with E-state index >= 15 is 0 Å². The van der Waals surface area contributed by atoms with Crippen molar-refractivity contribution in [3.8, 4) is 6.07 Å². The molecule has 0 aliphatic rings. The molecule has 6 heteroatoms. The van der Waals surface area contributed by atoms with E-state index in [0.29, 0.717) is 30.8 Å². The highest BCUT2D eigenvalue weighted by Crippen LogP contribution is 2.13. The zero-order chi connectivity index (χ0) is 13.4. The molecule has 1 atom stereocenters. The minimum absolute atomic E-state index is 0.296. The molecule has 2 N–H and O–H groups in total. The Morgan fingerprint density at radius 2 is 2.50 bits per heavy atom. The summed E-state index contributed by atoms with van der Waals surface area (Å²) in [6.45, 7) is 0.499. The van der Waals surface area contributed by atoms with Gasteiger partial charge in [0.15, 0.2) is 0 Å². The van der Waals surface area contributed by atoms with Crippen LogP contribution in [0.25, 0.3) is 0 Å². The molecule has 0 aliphatic carbocycles. The number of nitrogens with one attached hydrogen (secondary N) is 1. The molecule has 96 valence electrons. The van der Waals surface area contributed by atoms with E-state index in [2.05, 4.69) is 10.3 Å². The van der Waals surface area contributed by atoms with Crippen LogP contribution in [0.15, 0.2) is 18.3 Å². The summed E-state index contributed by atoms with van der Waals surface area (Å²) >= 11 is 0. The third-order valence-electron chi connectivity index (χ3n) is 2.38. The second-order valence-electron chi connectivity index (χ2n) is 3.68. The third-order valence-corrected chi connectivity index (χ3v) is 2.38. The van der Waals surface area contributed by atoms with Crippen LogP contribution in [0.5, 0.6) is 0 Å². The van der Waals surface area contributed by atoms with Gasteiger partial charge in [-0.3, -0.25) is 0 Å². The van der Waals surface area contributed by atoms with E-state index in [1.165, 1.54) is 6.20 Å². The Morgan fingerprint density at radius 3 is 3.11 bits per heavy atom. The lowest BCUT2D eigenvalue weighted by Crippen LogP contribution is -2.30. The predicted molar refractivity (Wildman–Crippen MR) is 65.1 cm³/mol. The summed E-state index contributed by atoms with van der Waals surface area (Å²) in [5, 5.41) is 20.7. The third kappa shape index (κ3) is 4.03. The van der Waals surface area contributed by atoms with Crippen molar-refractivity contribution in [2.24, 2.45) is 0 Å². The number of methoxy groups -OCH3 is 1. The van der Waals surface area contributed by atoms with Crippen LogP contribution in [0.4, 0.5) is 5.82 Å². The second kappa shape index (κ2) is 7.25. The summed E-state index contributed by atoms with van der Waals surface area (Å²) in [6, 6.07) is 4.40. The highest BCUT2D eigenvalue weighted by molar-refractivity contribution is 5.77. The van der Waals surface area contributed by atoms with Gasteiger partial charge in [-0.05, 0) is 25.0 Å². The van der Waals surface area contributed by atoms with E-state index in [4.69, 9.17) is 15.1 Å². The van der Waals surface area contributed by atoms with Gasteiger partial charge in [0, 0.05) is 19.9 Å². The van der Waals surface area contributed by atoms with Crippen molar-refractivity contribution in [3.63, 3.8) is 0 Å². The van der Waals surface area contributed by atoms with E-state index in [-0.39, 0.29) is 0 Å². The Balaban J connectivity index is 2.71. The first-order valence-electron chi connectivity index (χ1n) is 5.52.